The van der Waals surface area contributed by atoms with Crippen LogP contribution < -0.4 is 10.2 Å². The van der Waals surface area contributed by atoms with Crippen LogP contribution in [0.1, 0.15) is 406 Å². The van der Waals surface area contributed by atoms with Crippen LogP contribution in [0.3, 0.4) is 0 Å². The molecule has 0 spiro atoms. The van der Waals surface area contributed by atoms with Crippen molar-refractivity contribution in [1.29, 1.82) is 0 Å². The number of amides is 1. The molecule has 0 bridgehead atoms. The minimum absolute atomic E-state index is 0.0164. The van der Waals surface area contributed by atoms with Crippen molar-refractivity contribution >= 4 is 19.7 Å². The minimum Gasteiger partial charge on any atom is -0.756 e. The second kappa shape index (κ2) is 65.7. The topological polar surface area (TPSA) is 114 Å². The normalized spacial score (nSPS) is 13.4. The van der Waals surface area contributed by atoms with E-state index in [1.807, 2.05) is 33.3 Å². The summed E-state index contributed by atoms with van der Waals surface area (Å²) in [6, 6.07) is -0.881. The van der Waals surface area contributed by atoms with Gasteiger partial charge in [-0.1, -0.05) is 374 Å². The molecule has 0 aromatic carbocycles. The average Bonchev–Trinajstić information content (AvgIpc) is 3.62. The SMILES string of the molecule is CCCCCCCCCCC/C=C\C(OC(=O)CCCCCCCCCCCCCCCCCCCCCCCCCCCCC)C(COP(=O)([O-])OCC[N+](C)(C)C)NC(=O)CCCCCCCCCCCCCCCCCCCCCCC. The Kier molecular flexibility index (Phi) is 64.7. The molecule has 85 heavy (non-hydrogen) atoms. The summed E-state index contributed by atoms with van der Waals surface area (Å²) in [6.07, 6.45) is 79.3. The molecular weight excluding hydrogens is 1070 g/mol. The zero-order valence-electron chi connectivity index (χ0n) is 58.1. The number of phosphoric acid groups is 1. The molecule has 0 aliphatic carbocycles. The highest BCUT2D eigenvalue weighted by atomic mass is 31.2. The predicted octanol–water partition coefficient (Wildman–Crippen LogP) is 23.6. The third-order valence-electron chi connectivity index (χ3n) is 17.7. The molecule has 0 aliphatic rings. The molecule has 1 N–H and O–H groups in total. The number of rotatable bonds is 71. The summed E-state index contributed by atoms with van der Waals surface area (Å²) in [5.41, 5.74) is 0. The van der Waals surface area contributed by atoms with Gasteiger partial charge in [-0.05, 0) is 31.8 Å². The lowest BCUT2D eigenvalue weighted by Crippen LogP contribution is -2.47. The zero-order chi connectivity index (χ0) is 62.1. The Morgan fingerprint density at radius 3 is 0.965 bits per heavy atom. The quantitative estimate of drug-likeness (QED) is 0.0212. The summed E-state index contributed by atoms with van der Waals surface area (Å²) >= 11 is 0. The van der Waals surface area contributed by atoms with Gasteiger partial charge in [0.25, 0.3) is 7.82 Å². The minimum atomic E-state index is -4.70. The molecule has 0 radical (unpaired) electrons. The first kappa shape index (κ1) is 83.8. The highest BCUT2D eigenvalue weighted by Crippen LogP contribution is 2.38. The maximum atomic E-state index is 13.6. The summed E-state index contributed by atoms with van der Waals surface area (Å²) in [5, 5.41) is 3.05. The zero-order valence-corrected chi connectivity index (χ0v) is 59.0. The van der Waals surface area contributed by atoms with Crippen LogP contribution in [-0.2, 0) is 27.9 Å². The highest BCUT2D eigenvalue weighted by molar-refractivity contribution is 7.45. The third-order valence-corrected chi connectivity index (χ3v) is 18.7. The molecule has 10 heteroatoms. The smallest absolute Gasteiger partial charge is 0.306 e. The van der Waals surface area contributed by atoms with E-state index in [2.05, 4.69) is 26.1 Å². The Hall–Kier alpha value is -1.25. The monoisotopic (exact) mass is 1220 g/mol. The van der Waals surface area contributed by atoms with Crippen molar-refractivity contribution in [3.63, 3.8) is 0 Å². The summed E-state index contributed by atoms with van der Waals surface area (Å²) < 4.78 is 30.5. The molecule has 3 atom stereocenters. The third kappa shape index (κ3) is 67.0. The van der Waals surface area contributed by atoms with Gasteiger partial charge in [-0.25, -0.2) is 0 Å². The fraction of sp³-hybridized carbons (Fsp3) is 0.947. The Morgan fingerprint density at radius 1 is 0.400 bits per heavy atom. The van der Waals surface area contributed by atoms with Crippen molar-refractivity contribution < 1.29 is 37.3 Å². The van der Waals surface area contributed by atoms with E-state index in [1.54, 1.807) is 0 Å². The molecule has 3 unspecified atom stereocenters. The molecule has 0 saturated heterocycles. The van der Waals surface area contributed by atoms with E-state index < -0.39 is 20.0 Å². The predicted molar refractivity (Wildman–Crippen MR) is 367 cm³/mol. The Bertz CT molecular complexity index is 1450. The van der Waals surface area contributed by atoms with Gasteiger partial charge in [-0.3, -0.25) is 14.2 Å². The summed E-state index contributed by atoms with van der Waals surface area (Å²) in [6.45, 7) is 6.93. The number of carbonyl (C=O) groups excluding carboxylic acids is 2. The first-order chi connectivity index (χ1) is 41.4. The molecule has 506 valence electrons. The number of hydrogen-bond donors (Lipinski definition) is 1. The van der Waals surface area contributed by atoms with E-state index in [-0.39, 0.29) is 31.5 Å². The molecule has 0 aromatic rings. The van der Waals surface area contributed by atoms with E-state index >= 15 is 0 Å². The van der Waals surface area contributed by atoms with Crippen molar-refractivity contribution in [3.05, 3.63) is 12.2 Å². The molecule has 0 rings (SSSR count). The Balaban J connectivity index is 4.87. The van der Waals surface area contributed by atoms with Gasteiger partial charge >= 0.3 is 5.97 Å². The lowest BCUT2D eigenvalue weighted by Gasteiger charge is -2.30. The first-order valence-electron chi connectivity index (χ1n) is 38.0. The van der Waals surface area contributed by atoms with Crippen molar-refractivity contribution in [2.24, 2.45) is 0 Å². The van der Waals surface area contributed by atoms with Crippen molar-refractivity contribution in [2.45, 2.75) is 418 Å². The van der Waals surface area contributed by atoms with Crippen LogP contribution in [0, 0.1) is 0 Å². The lowest BCUT2D eigenvalue weighted by atomic mass is 10.0. The van der Waals surface area contributed by atoms with Crippen LogP contribution in [0.5, 0.6) is 0 Å². The van der Waals surface area contributed by atoms with Crippen LogP contribution in [0.25, 0.3) is 0 Å². The number of hydrogen-bond acceptors (Lipinski definition) is 7. The van der Waals surface area contributed by atoms with Crippen molar-refractivity contribution in [2.75, 3.05) is 40.9 Å². The molecule has 0 heterocycles. The van der Waals surface area contributed by atoms with Gasteiger partial charge in [0.2, 0.25) is 5.91 Å². The van der Waals surface area contributed by atoms with Crippen LogP contribution in [-0.4, -0.2) is 69.4 Å². The number of phosphoric ester groups is 1. The fourth-order valence-corrected chi connectivity index (χ4v) is 12.6. The van der Waals surface area contributed by atoms with E-state index in [1.165, 1.54) is 315 Å². The Morgan fingerprint density at radius 2 is 0.671 bits per heavy atom. The Labute approximate surface area is 531 Å². The lowest BCUT2D eigenvalue weighted by molar-refractivity contribution is -0.870. The number of allylic oxidation sites excluding steroid dienone is 1. The second-order valence-corrected chi connectivity index (χ2v) is 28.9. The number of quaternary nitrogens is 1. The molecule has 0 aromatic heterocycles. The molecule has 0 saturated carbocycles. The van der Waals surface area contributed by atoms with Gasteiger partial charge in [0.1, 0.15) is 19.3 Å². The molecule has 1 amide bonds. The van der Waals surface area contributed by atoms with Crippen molar-refractivity contribution in [3.8, 4) is 0 Å². The number of nitrogens with one attached hydrogen (secondary N) is 1. The second-order valence-electron chi connectivity index (χ2n) is 27.5. The molecule has 0 aliphatic heterocycles. The average molecular weight is 1220 g/mol. The van der Waals surface area contributed by atoms with E-state index in [0.717, 1.165) is 57.8 Å². The van der Waals surface area contributed by atoms with Gasteiger partial charge in [0.05, 0.1) is 33.8 Å². The summed E-state index contributed by atoms with van der Waals surface area (Å²) in [7, 11) is 1.21. The van der Waals surface area contributed by atoms with Crippen LogP contribution in [0.4, 0.5) is 0 Å². The number of ether oxygens (including phenoxy) is 1. The van der Waals surface area contributed by atoms with Crippen LogP contribution in [0.2, 0.25) is 0 Å². The standard InChI is InChI=1S/C75H149N2O7P/c1-7-10-13-16-19-22-25-27-29-31-33-35-36-37-38-39-40-42-44-46-48-50-53-56-59-62-65-68-75(79)84-73(66-63-60-57-54-51-24-21-18-15-12-9-3)72(71-83-85(80,81)82-70-69-77(4,5)6)76-74(78)67-64-61-58-55-52-49-47-45-43-41-34-32-30-28-26-23-20-17-14-11-8-2/h63,66,72-73H,7-62,64-65,67-71H2,1-6H3,(H-,76,78,80,81)/b66-63-. The van der Waals surface area contributed by atoms with Gasteiger partial charge in [-0.15, -0.1) is 0 Å². The molecule has 0 fully saturated rings. The van der Waals surface area contributed by atoms with Gasteiger partial charge in [0, 0.05) is 12.8 Å². The number of likely N-dealkylation sites (N-methyl/N-ethyl adjacent to an activating group) is 1. The van der Waals surface area contributed by atoms with E-state index in [4.69, 9.17) is 13.8 Å². The van der Waals surface area contributed by atoms with Crippen LogP contribution in [0.15, 0.2) is 12.2 Å². The highest BCUT2D eigenvalue weighted by Gasteiger charge is 2.27. The summed E-state index contributed by atoms with van der Waals surface area (Å²) in [5.74, 6) is -0.512. The molecular formula is C75H149N2O7P. The van der Waals surface area contributed by atoms with Crippen molar-refractivity contribution in [1.82, 2.24) is 5.32 Å². The summed E-state index contributed by atoms with van der Waals surface area (Å²) in [4.78, 5) is 40.2. The number of carbonyl (C=O) groups is 2. The first-order valence-corrected chi connectivity index (χ1v) is 39.5. The number of nitrogens with zero attached hydrogens (tertiary/aromatic N) is 1. The van der Waals surface area contributed by atoms with E-state index in [9.17, 15) is 19.0 Å². The van der Waals surface area contributed by atoms with Gasteiger partial charge in [0.15, 0.2) is 0 Å². The maximum Gasteiger partial charge on any atom is 0.306 e. The van der Waals surface area contributed by atoms with E-state index in [0.29, 0.717) is 17.4 Å². The maximum absolute atomic E-state index is 13.6. The van der Waals surface area contributed by atoms with Gasteiger partial charge < -0.3 is 28.5 Å². The molecule has 9 nitrogen and oxygen atoms in total. The number of esters is 1. The number of unbranched alkanes of at least 4 members (excludes halogenated alkanes) is 55. The van der Waals surface area contributed by atoms with Gasteiger partial charge in [-0.2, -0.15) is 0 Å². The largest absolute Gasteiger partial charge is 0.756 e. The fourth-order valence-electron chi connectivity index (χ4n) is 11.9. The van der Waals surface area contributed by atoms with Crippen LogP contribution >= 0.6 is 7.82 Å².